The maximum atomic E-state index is 12.3. The van der Waals surface area contributed by atoms with Crippen molar-refractivity contribution in [2.24, 2.45) is 0 Å². The number of nitrogens with zero attached hydrogens (tertiary/aromatic N) is 3. The molecule has 28 heavy (non-hydrogen) atoms. The van der Waals surface area contributed by atoms with Crippen LogP contribution in [0.2, 0.25) is 0 Å². The molecular formula is C20H19N5O3. The quantitative estimate of drug-likeness (QED) is 0.711. The van der Waals surface area contributed by atoms with Gasteiger partial charge in [-0.05, 0) is 23.3 Å². The smallest absolute Gasteiger partial charge is 0.250 e. The maximum absolute atomic E-state index is 12.3. The van der Waals surface area contributed by atoms with Gasteiger partial charge in [0, 0.05) is 0 Å². The number of ether oxygens (including phenoxy) is 1. The Bertz CT molecular complexity index is 998. The number of benzene rings is 2. The van der Waals surface area contributed by atoms with Crippen LogP contribution < -0.4 is 15.4 Å². The SMILES string of the molecule is COc1ccc(CC(=O)Nc2nc3n(n2)[C@@H](c2ccccc2)CC(=O)N3)cc1. The molecule has 2 aromatic carbocycles. The number of anilines is 2. The van der Waals surface area contributed by atoms with Crippen LogP contribution in [-0.2, 0) is 16.0 Å². The summed E-state index contributed by atoms with van der Waals surface area (Å²) in [4.78, 5) is 28.6. The summed E-state index contributed by atoms with van der Waals surface area (Å²) in [6, 6.07) is 16.6. The molecule has 3 aromatic rings. The van der Waals surface area contributed by atoms with Crippen molar-refractivity contribution in [2.45, 2.75) is 18.9 Å². The average molecular weight is 377 g/mol. The molecule has 1 aromatic heterocycles. The van der Waals surface area contributed by atoms with E-state index < -0.39 is 0 Å². The number of hydrogen-bond donors (Lipinski definition) is 2. The molecule has 1 aliphatic heterocycles. The molecular weight excluding hydrogens is 358 g/mol. The molecule has 8 nitrogen and oxygen atoms in total. The van der Waals surface area contributed by atoms with Crippen molar-refractivity contribution in [1.29, 1.82) is 0 Å². The van der Waals surface area contributed by atoms with E-state index in [9.17, 15) is 9.59 Å². The number of carbonyl (C=O) groups excluding carboxylic acids is 2. The number of rotatable bonds is 5. The fraction of sp³-hybridized carbons (Fsp3) is 0.200. The Morgan fingerprint density at radius 2 is 1.96 bits per heavy atom. The summed E-state index contributed by atoms with van der Waals surface area (Å²) in [5.41, 5.74) is 1.80. The lowest BCUT2D eigenvalue weighted by molar-refractivity contribution is -0.117. The number of nitrogens with one attached hydrogen (secondary N) is 2. The number of fused-ring (bicyclic) bond motifs is 1. The van der Waals surface area contributed by atoms with Gasteiger partial charge in [-0.15, -0.1) is 5.10 Å². The lowest BCUT2D eigenvalue weighted by Gasteiger charge is -2.23. The Kier molecular flexibility index (Phi) is 4.76. The molecule has 8 heteroatoms. The zero-order chi connectivity index (χ0) is 19.5. The molecule has 0 bridgehead atoms. The highest BCUT2D eigenvalue weighted by Crippen LogP contribution is 2.29. The van der Waals surface area contributed by atoms with Gasteiger partial charge in [0.05, 0.1) is 26.0 Å². The van der Waals surface area contributed by atoms with E-state index in [0.29, 0.717) is 5.95 Å². The molecule has 0 fully saturated rings. The van der Waals surface area contributed by atoms with Crippen molar-refractivity contribution in [1.82, 2.24) is 14.8 Å². The predicted molar refractivity (Wildman–Crippen MR) is 103 cm³/mol. The Balaban J connectivity index is 1.50. The number of amides is 2. The molecule has 2 N–H and O–H groups in total. The number of carbonyl (C=O) groups is 2. The van der Waals surface area contributed by atoms with Gasteiger partial charge in [-0.3, -0.25) is 20.2 Å². The van der Waals surface area contributed by atoms with E-state index in [-0.39, 0.29) is 36.6 Å². The molecule has 2 amide bonds. The average Bonchev–Trinajstić information content (AvgIpc) is 3.10. The summed E-state index contributed by atoms with van der Waals surface area (Å²) in [6.07, 6.45) is 0.446. The Morgan fingerprint density at radius 3 is 2.68 bits per heavy atom. The molecule has 0 unspecified atom stereocenters. The Morgan fingerprint density at radius 1 is 1.21 bits per heavy atom. The van der Waals surface area contributed by atoms with Crippen LogP contribution in [0.5, 0.6) is 5.75 Å². The minimum Gasteiger partial charge on any atom is -0.497 e. The van der Waals surface area contributed by atoms with E-state index in [1.807, 2.05) is 42.5 Å². The molecule has 2 heterocycles. The fourth-order valence-corrected chi connectivity index (χ4v) is 3.15. The fourth-order valence-electron chi connectivity index (χ4n) is 3.15. The molecule has 4 rings (SSSR count). The van der Waals surface area contributed by atoms with Crippen LogP contribution in [0.4, 0.5) is 11.9 Å². The van der Waals surface area contributed by atoms with Gasteiger partial charge in [0.2, 0.25) is 17.8 Å². The van der Waals surface area contributed by atoms with Gasteiger partial charge < -0.3 is 4.74 Å². The van der Waals surface area contributed by atoms with Crippen molar-refractivity contribution in [3.8, 4) is 5.75 Å². The summed E-state index contributed by atoms with van der Waals surface area (Å²) in [6.45, 7) is 0. The van der Waals surface area contributed by atoms with Crippen molar-refractivity contribution in [2.75, 3.05) is 17.7 Å². The van der Waals surface area contributed by atoms with Crippen LogP contribution in [0.15, 0.2) is 54.6 Å². The van der Waals surface area contributed by atoms with Crippen LogP contribution in [0, 0.1) is 0 Å². The van der Waals surface area contributed by atoms with Crippen LogP contribution in [-0.4, -0.2) is 33.7 Å². The maximum Gasteiger partial charge on any atom is 0.250 e. The monoisotopic (exact) mass is 377 g/mol. The van der Waals surface area contributed by atoms with Crippen molar-refractivity contribution >= 4 is 23.7 Å². The van der Waals surface area contributed by atoms with Gasteiger partial charge in [0.15, 0.2) is 0 Å². The van der Waals surface area contributed by atoms with Crippen LogP contribution in [0.3, 0.4) is 0 Å². The van der Waals surface area contributed by atoms with Crippen molar-refractivity contribution < 1.29 is 14.3 Å². The van der Waals surface area contributed by atoms with Crippen molar-refractivity contribution in [3.63, 3.8) is 0 Å². The van der Waals surface area contributed by atoms with E-state index in [2.05, 4.69) is 20.7 Å². The molecule has 1 atom stereocenters. The van der Waals surface area contributed by atoms with Crippen LogP contribution in [0.1, 0.15) is 23.6 Å². The summed E-state index contributed by atoms with van der Waals surface area (Å²) in [5.74, 6) is 0.845. The lowest BCUT2D eigenvalue weighted by atomic mass is 10.0. The van der Waals surface area contributed by atoms with Gasteiger partial charge in [0.1, 0.15) is 5.75 Å². The summed E-state index contributed by atoms with van der Waals surface area (Å²) >= 11 is 0. The van der Waals surface area contributed by atoms with E-state index in [0.717, 1.165) is 16.9 Å². The second-order valence-electron chi connectivity index (χ2n) is 6.46. The third-order valence-electron chi connectivity index (χ3n) is 4.52. The third kappa shape index (κ3) is 3.71. The van der Waals surface area contributed by atoms with Crippen molar-refractivity contribution in [3.05, 3.63) is 65.7 Å². The number of methoxy groups -OCH3 is 1. The van der Waals surface area contributed by atoms with Crippen LogP contribution in [0.25, 0.3) is 0 Å². The van der Waals surface area contributed by atoms with E-state index >= 15 is 0 Å². The zero-order valence-corrected chi connectivity index (χ0v) is 15.3. The Labute approximate surface area is 161 Å². The standard InChI is InChI=1S/C20H19N5O3/c1-28-15-9-7-13(8-10-15)11-17(26)21-19-23-20-22-18(27)12-16(25(20)24-19)14-5-3-2-4-6-14/h2-10,16H,11-12H2,1H3,(H2,21,22,23,24,26,27)/t16-/m1/s1. The van der Waals surface area contributed by atoms with Gasteiger partial charge in [-0.1, -0.05) is 42.5 Å². The summed E-state index contributed by atoms with van der Waals surface area (Å²) in [7, 11) is 1.59. The number of aromatic nitrogens is 3. The molecule has 0 saturated carbocycles. The van der Waals surface area contributed by atoms with E-state index in [1.54, 1.807) is 23.9 Å². The first-order chi connectivity index (χ1) is 13.6. The first kappa shape index (κ1) is 17.7. The van der Waals surface area contributed by atoms with E-state index in [4.69, 9.17) is 4.74 Å². The highest BCUT2D eigenvalue weighted by molar-refractivity contribution is 5.93. The largest absolute Gasteiger partial charge is 0.497 e. The first-order valence-corrected chi connectivity index (χ1v) is 8.86. The topological polar surface area (TPSA) is 98.1 Å². The predicted octanol–water partition coefficient (Wildman–Crippen LogP) is 2.40. The molecule has 0 spiro atoms. The lowest BCUT2D eigenvalue weighted by Crippen LogP contribution is -2.29. The van der Waals surface area contributed by atoms with E-state index in [1.165, 1.54) is 0 Å². The molecule has 142 valence electrons. The summed E-state index contributed by atoms with van der Waals surface area (Å²) < 4.78 is 6.75. The third-order valence-corrected chi connectivity index (χ3v) is 4.52. The van der Waals surface area contributed by atoms with Crippen LogP contribution >= 0.6 is 0 Å². The minimum atomic E-state index is -0.260. The van der Waals surface area contributed by atoms with Gasteiger partial charge in [0.25, 0.3) is 5.95 Å². The summed E-state index contributed by atoms with van der Waals surface area (Å²) in [5, 5.41) is 9.79. The normalized spacial score (nSPS) is 15.5. The molecule has 0 aliphatic carbocycles. The highest BCUT2D eigenvalue weighted by atomic mass is 16.5. The molecule has 1 aliphatic rings. The second-order valence-corrected chi connectivity index (χ2v) is 6.46. The number of hydrogen-bond acceptors (Lipinski definition) is 5. The van der Waals surface area contributed by atoms with Gasteiger partial charge in [-0.25, -0.2) is 4.68 Å². The van der Waals surface area contributed by atoms with Gasteiger partial charge in [-0.2, -0.15) is 4.98 Å². The Hall–Kier alpha value is -3.68. The highest BCUT2D eigenvalue weighted by Gasteiger charge is 2.29. The minimum absolute atomic E-state index is 0.134. The molecule has 0 radical (unpaired) electrons. The zero-order valence-electron chi connectivity index (χ0n) is 15.3. The first-order valence-electron chi connectivity index (χ1n) is 8.86. The second kappa shape index (κ2) is 7.51. The van der Waals surface area contributed by atoms with Gasteiger partial charge >= 0.3 is 0 Å². The molecule has 0 saturated heterocycles.